The van der Waals surface area contributed by atoms with Crippen LogP contribution in [-0.2, 0) is 6.54 Å². The minimum absolute atomic E-state index is 0.177. The maximum Gasteiger partial charge on any atom is 0.276 e. The third kappa shape index (κ3) is 4.28. The summed E-state index contributed by atoms with van der Waals surface area (Å²) in [5.41, 5.74) is 0.543. The van der Waals surface area contributed by atoms with Crippen LogP contribution in [0.3, 0.4) is 0 Å². The predicted octanol–water partition coefficient (Wildman–Crippen LogP) is 3.75. The van der Waals surface area contributed by atoms with Crippen molar-refractivity contribution in [1.29, 1.82) is 0 Å². The summed E-state index contributed by atoms with van der Waals surface area (Å²) >= 11 is 0. The lowest BCUT2D eigenvalue weighted by Gasteiger charge is -2.31. The van der Waals surface area contributed by atoms with E-state index in [4.69, 9.17) is 4.52 Å². The largest absolute Gasteiger partial charge is 0.388 e. The van der Waals surface area contributed by atoms with Crippen molar-refractivity contribution in [3.8, 4) is 0 Å². The van der Waals surface area contributed by atoms with E-state index in [9.17, 15) is 9.90 Å². The number of rotatable bonds is 6. The Kier molecular flexibility index (Phi) is 5.23. The Labute approximate surface area is 148 Å². The first-order valence-corrected chi connectivity index (χ1v) is 8.99. The van der Waals surface area contributed by atoms with E-state index in [2.05, 4.69) is 5.16 Å². The van der Waals surface area contributed by atoms with Gasteiger partial charge in [0.2, 0.25) is 0 Å². The lowest BCUT2D eigenvalue weighted by atomic mass is 10.0. The molecule has 1 aliphatic rings. The van der Waals surface area contributed by atoms with Crippen molar-refractivity contribution in [3.05, 3.63) is 53.4 Å². The molecule has 0 spiro atoms. The molecule has 1 amide bonds. The molecule has 25 heavy (non-hydrogen) atoms. The molecule has 5 heteroatoms. The Balaban J connectivity index is 1.82. The highest BCUT2D eigenvalue weighted by Gasteiger charge is 2.35. The van der Waals surface area contributed by atoms with E-state index in [0.29, 0.717) is 24.5 Å². The summed E-state index contributed by atoms with van der Waals surface area (Å²) in [6.45, 7) is 4.77. The lowest BCUT2D eigenvalue weighted by molar-refractivity contribution is 0.00749. The number of amides is 1. The van der Waals surface area contributed by atoms with Crippen LogP contribution in [0.5, 0.6) is 0 Å². The Morgan fingerprint density at radius 2 is 1.96 bits per heavy atom. The second-order valence-corrected chi connectivity index (χ2v) is 7.35. The summed E-state index contributed by atoms with van der Waals surface area (Å²) < 4.78 is 5.28. The summed E-state index contributed by atoms with van der Waals surface area (Å²) in [6.07, 6.45) is 3.49. The van der Waals surface area contributed by atoms with E-state index in [-0.39, 0.29) is 11.8 Å². The molecule has 1 saturated carbocycles. The van der Waals surface area contributed by atoms with Crippen LogP contribution in [0.25, 0.3) is 0 Å². The average molecular weight is 342 g/mol. The molecule has 1 aliphatic carbocycles. The zero-order chi connectivity index (χ0) is 17.9. The summed E-state index contributed by atoms with van der Waals surface area (Å²) in [6, 6.07) is 11.5. The van der Waals surface area contributed by atoms with Crippen LogP contribution in [0.4, 0.5) is 0 Å². The maximum atomic E-state index is 13.0. The Morgan fingerprint density at radius 3 is 2.56 bits per heavy atom. The van der Waals surface area contributed by atoms with E-state index in [1.54, 1.807) is 11.0 Å². The van der Waals surface area contributed by atoms with Gasteiger partial charge >= 0.3 is 0 Å². The zero-order valence-electron chi connectivity index (χ0n) is 14.9. The fraction of sp³-hybridized carbons (Fsp3) is 0.500. The summed E-state index contributed by atoms with van der Waals surface area (Å²) in [7, 11) is 0. The second-order valence-electron chi connectivity index (χ2n) is 7.35. The normalized spacial score (nSPS) is 16.3. The first-order chi connectivity index (χ1) is 12.0. The van der Waals surface area contributed by atoms with Crippen molar-refractivity contribution in [2.24, 2.45) is 0 Å². The third-order valence-electron chi connectivity index (χ3n) is 4.84. The van der Waals surface area contributed by atoms with E-state index in [1.807, 2.05) is 44.2 Å². The fourth-order valence-electron chi connectivity index (χ4n) is 3.37. The molecule has 0 bridgehead atoms. The standard InChI is InChI=1S/C20H26N2O3/c1-15(2)18-12-17(21-25-18)19(23)22(13-16-8-4-3-5-9-16)14-20(24)10-6-7-11-20/h3-5,8-9,12,15,24H,6-7,10-11,13-14H2,1-2H3. The minimum Gasteiger partial charge on any atom is -0.388 e. The number of aromatic nitrogens is 1. The van der Waals surface area contributed by atoms with Gasteiger partial charge in [-0.25, -0.2) is 0 Å². The Bertz CT molecular complexity index is 703. The van der Waals surface area contributed by atoms with Gasteiger partial charge in [0, 0.05) is 18.5 Å². The van der Waals surface area contributed by atoms with Crippen LogP contribution in [0, 0.1) is 0 Å². The number of hydrogen-bond acceptors (Lipinski definition) is 4. The van der Waals surface area contributed by atoms with Gasteiger partial charge in [0.15, 0.2) is 5.69 Å². The quantitative estimate of drug-likeness (QED) is 0.868. The molecule has 1 fully saturated rings. The predicted molar refractivity (Wildman–Crippen MR) is 95.2 cm³/mol. The van der Waals surface area contributed by atoms with Crippen molar-refractivity contribution in [3.63, 3.8) is 0 Å². The highest BCUT2D eigenvalue weighted by Crippen LogP contribution is 2.31. The second kappa shape index (κ2) is 7.40. The van der Waals surface area contributed by atoms with E-state index in [0.717, 1.165) is 31.2 Å². The maximum absolute atomic E-state index is 13.0. The van der Waals surface area contributed by atoms with Gasteiger partial charge in [-0.05, 0) is 18.4 Å². The van der Waals surface area contributed by atoms with E-state index >= 15 is 0 Å². The first kappa shape index (κ1) is 17.7. The first-order valence-electron chi connectivity index (χ1n) is 8.99. The molecule has 1 N–H and O–H groups in total. The molecule has 0 atom stereocenters. The molecule has 0 unspecified atom stereocenters. The zero-order valence-corrected chi connectivity index (χ0v) is 14.9. The average Bonchev–Trinajstić information content (AvgIpc) is 3.24. The van der Waals surface area contributed by atoms with Gasteiger partial charge in [-0.3, -0.25) is 4.79 Å². The molecule has 2 aromatic rings. The molecule has 1 aromatic carbocycles. The number of hydrogen-bond donors (Lipinski definition) is 1. The van der Waals surface area contributed by atoms with Gasteiger partial charge < -0.3 is 14.5 Å². The SMILES string of the molecule is CC(C)c1cc(C(=O)N(Cc2ccccc2)CC2(O)CCCC2)no1. The molecule has 5 nitrogen and oxygen atoms in total. The summed E-state index contributed by atoms with van der Waals surface area (Å²) in [5, 5.41) is 14.7. The Hall–Kier alpha value is -2.14. The van der Waals surface area contributed by atoms with Crippen molar-refractivity contribution in [2.45, 2.75) is 57.6 Å². The molecule has 0 radical (unpaired) electrons. The smallest absolute Gasteiger partial charge is 0.276 e. The van der Waals surface area contributed by atoms with Crippen LogP contribution < -0.4 is 0 Å². The molecular formula is C20H26N2O3. The number of carbonyl (C=O) groups excluding carboxylic acids is 1. The number of carbonyl (C=O) groups is 1. The monoisotopic (exact) mass is 342 g/mol. The van der Waals surface area contributed by atoms with Crippen molar-refractivity contribution < 1.29 is 14.4 Å². The molecule has 1 heterocycles. The van der Waals surface area contributed by atoms with Crippen LogP contribution in [0.15, 0.2) is 40.9 Å². The summed E-state index contributed by atoms with van der Waals surface area (Å²) in [4.78, 5) is 14.7. The van der Waals surface area contributed by atoms with Crippen molar-refractivity contribution in [2.75, 3.05) is 6.54 Å². The van der Waals surface area contributed by atoms with Crippen LogP contribution in [0.1, 0.15) is 67.3 Å². The lowest BCUT2D eigenvalue weighted by Crippen LogP contribution is -2.43. The van der Waals surface area contributed by atoms with Crippen molar-refractivity contribution in [1.82, 2.24) is 10.1 Å². The van der Waals surface area contributed by atoms with Gasteiger partial charge in [0.1, 0.15) is 5.76 Å². The molecule has 0 saturated heterocycles. The topological polar surface area (TPSA) is 66.6 Å². The van der Waals surface area contributed by atoms with Gasteiger partial charge in [0.05, 0.1) is 12.1 Å². The highest BCUT2D eigenvalue weighted by atomic mass is 16.5. The van der Waals surface area contributed by atoms with Crippen molar-refractivity contribution >= 4 is 5.91 Å². The number of benzene rings is 1. The molecule has 1 aromatic heterocycles. The van der Waals surface area contributed by atoms with Crippen LogP contribution in [0.2, 0.25) is 0 Å². The van der Waals surface area contributed by atoms with Gasteiger partial charge in [-0.2, -0.15) is 0 Å². The van der Waals surface area contributed by atoms with Gasteiger partial charge in [-0.1, -0.05) is 62.2 Å². The minimum atomic E-state index is -0.797. The molecular weight excluding hydrogens is 316 g/mol. The third-order valence-corrected chi connectivity index (χ3v) is 4.84. The highest BCUT2D eigenvalue weighted by molar-refractivity contribution is 5.92. The van der Waals surface area contributed by atoms with Gasteiger partial charge in [-0.15, -0.1) is 0 Å². The summed E-state index contributed by atoms with van der Waals surface area (Å²) in [5.74, 6) is 0.679. The van der Waals surface area contributed by atoms with Crippen LogP contribution in [-0.4, -0.2) is 33.2 Å². The number of nitrogens with zero attached hydrogens (tertiary/aromatic N) is 2. The molecule has 134 valence electrons. The van der Waals surface area contributed by atoms with E-state index < -0.39 is 5.60 Å². The molecule has 0 aliphatic heterocycles. The molecule has 3 rings (SSSR count). The van der Waals surface area contributed by atoms with Gasteiger partial charge in [0.25, 0.3) is 5.91 Å². The van der Waals surface area contributed by atoms with E-state index in [1.165, 1.54) is 0 Å². The fourth-order valence-corrected chi connectivity index (χ4v) is 3.37. The van der Waals surface area contributed by atoms with Crippen LogP contribution >= 0.6 is 0 Å². The Morgan fingerprint density at radius 1 is 1.28 bits per heavy atom. The number of aliphatic hydroxyl groups is 1.